The number of unbranched alkanes of at least 4 members (excludes halogenated alkanes) is 9. The third-order valence-corrected chi connectivity index (χ3v) is 4.57. The molecule has 0 fully saturated rings. The van der Waals surface area contributed by atoms with E-state index in [9.17, 15) is 9.59 Å². The molecule has 0 N–H and O–H groups in total. The van der Waals surface area contributed by atoms with Gasteiger partial charge in [0.1, 0.15) is 0 Å². The zero-order valence-corrected chi connectivity index (χ0v) is 17.5. The summed E-state index contributed by atoms with van der Waals surface area (Å²) in [5.41, 5.74) is 0. The van der Waals surface area contributed by atoms with Crippen LogP contribution >= 0.6 is 0 Å². The molecule has 154 valence electrons. The average molecular weight is 371 g/mol. The molecule has 0 rings (SSSR count). The Balaban J connectivity index is 3.44. The molecule has 0 aliphatic heterocycles. The summed E-state index contributed by atoms with van der Waals surface area (Å²) in [5, 5.41) is 0. The van der Waals surface area contributed by atoms with Crippen LogP contribution in [0.5, 0.6) is 0 Å². The van der Waals surface area contributed by atoms with Crippen LogP contribution in [0, 0.1) is 0 Å². The van der Waals surface area contributed by atoms with E-state index >= 15 is 0 Å². The number of carbonyl (C=O) groups excluding carboxylic acids is 2. The maximum absolute atomic E-state index is 11.7. The second-order valence-electron chi connectivity index (χ2n) is 7.35. The van der Waals surface area contributed by atoms with Gasteiger partial charge < -0.3 is 9.47 Å². The summed E-state index contributed by atoms with van der Waals surface area (Å²) in [6.07, 6.45) is 15.3. The Morgan fingerprint density at radius 2 is 1.23 bits per heavy atom. The van der Waals surface area contributed by atoms with Gasteiger partial charge in [-0.25, -0.2) is 0 Å². The van der Waals surface area contributed by atoms with Crippen LogP contribution in [-0.2, 0) is 19.1 Å². The molecular weight excluding hydrogens is 328 g/mol. The van der Waals surface area contributed by atoms with E-state index in [1.165, 1.54) is 51.4 Å². The lowest BCUT2D eigenvalue weighted by atomic mass is 10.1. The van der Waals surface area contributed by atoms with Crippen LogP contribution in [0.25, 0.3) is 0 Å². The topological polar surface area (TPSA) is 52.6 Å². The molecule has 1 atom stereocenters. The fourth-order valence-electron chi connectivity index (χ4n) is 2.90. The van der Waals surface area contributed by atoms with Crippen LogP contribution in [0.15, 0.2) is 0 Å². The molecule has 0 aromatic carbocycles. The maximum atomic E-state index is 11.7. The van der Waals surface area contributed by atoms with E-state index in [4.69, 9.17) is 9.47 Å². The summed E-state index contributed by atoms with van der Waals surface area (Å²) in [6, 6.07) is 0. The van der Waals surface area contributed by atoms with Crippen molar-refractivity contribution < 1.29 is 19.1 Å². The first-order valence-electron chi connectivity index (χ1n) is 10.9. The van der Waals surface area contributed by atoms with Crippen molar-refractivity contribution >= 4 is 11.9 Å². The molecule has 0 heterocycles. The highest BCUT2D eigenvalue weighted by Crippen LogP contribution is 2.10. The first-order chi connectivity index (χ1) is 12.6. The third-order valence-electron chi connectivity index (χ3n) is 4.57. The van der Waals surface area contributed by atoms with Gasteiger partial charge in [-0.3, -0.25) is 9.59 Å². The number of carbonyl (C=O) groups is 2. The summed E-state index contributed by atoms with van der Waals surface area (Å²) in [5.74, 6) is -0.401. The van der Waals surface area contributed by atoms with Crippen molar-refractivity contribution in [3.05, 3.63) is 0 Å². The van der Waals surface area contributed by atoms with Gasteiger partial charge >= 0.3 is 11.9 Å². The number of ether oxygens (including phenoxy) is 2. The van der Waals surface area contributed by atoms with Crippen molar-refractivity contribution in [2.75, 3.05) is 6.61 Å². The zero-order valence-electron chi connectivity index (χ0n) is 17.5. The fourth-order valence-corrected chi connectivity index (χ4v) is 2.90. The van der Waals surface area contributed by atoms with E-state index in [1.54, 1.807) is 0 Å². The second kappa shape index (κ2) is 18.7. The van der Waals surface area contributed by atoms with Crippen LogP contribution in [0.1, 0.15) is 117 Å². The van der Waals surface area contributed by atoms with E-state index < -0.39 is 0 Å². The molecule has 0 amide bonds. The summed E-state index contributed by atoms with van der Waals surface area (Å²) >= 11 is 0. The van der Waals surface area contributed by atoms with E-state index in [-0.39, 0.29) is 18.0 Å². The Bertz CT molecular complexity index is 341. The van der Waals surface area contributed by atoms with Gasteiger partial charge in [0.25, 0.3) is 0 Å². The Morgan fingerprint density at radius 1 is 0.692 bits per heavy atom. The molecule has 0 aromatic heterocycles. The third kappa shape index (κ3) is 17.8. The van der Waals surface area contributed by atoms with E-state index in [0.717, 1.165) is 25.7 Å². The lowest BCUT2D eigenvalue weighted by Gasteiger charge is -2.12. The van der Waals surface area contributed by atoms with Crippen molar-refractivity contribution in [3.63, 3.8) is 0 Å². The standard InChI is InChI=1S/C22H42O4/c1-4-6-8-9-10-11-12-14-19-25-21(23)17-15-18-22(24)26-20(3)16-13-7-5-2/h20H,4-19H2,1-3H3. The number of hydrogen-bond acceptors (Lipinski definition) is 4. The normalized spacial score (nSPS) is 12.0. The average Bonchev–Trinajstić information content (AvgIpc) is 2.60. The molecule has 0 aromatic rings. The van der Waals surface area contributed by atoms with Crippen molar-refractivity contribution in [2.24, 2.45) is 0 Å². The molecule has 4 nitrogen and oxygen atoms in total. The van der Waals surface area contributed by atoms with E-state index in [2.05, 4.69) is 13.8 Å². The largest absolute Gasteiger partial charge is 0.466 e. The van der Waals surface area contributed by atoms with Crippen LogP contribution in [-0.4, -0.2) is 24.6 Å². The van der Waals surface area contributed by atoms with Gasteiger partial charge in [0, 0.05) is 12.8 Å². The lowest BCUT2D eigenvalue weighted by Crippen LogP contribution is -2.15. The van der Waals surface area contributed by atoms with Gasteiger partial charge in [0.2, 0.25) is 0 Å². The minimum Gasteiger partial charge on any atom is -0.466 e. The van der Waals surface area contributed by atoms with Crippen LogP contribution in [0.4, 0.5) is 0 Å². The monoisotopic (exact) mass is 370 g/mol. The molecule has 0 aliphatic carbocycles. The quantitative estimate of drug-likeness (QED) is 0.208. The predicted molar refractivity (Wildman–Crippen MR) is 107 cm³/mol. The number of esters is 2. The number of rotatable bonds is 18. The van der Waals surface area contributed by atoms with Gasteiger partial charge in [0.05, 0.1) is 12.7 Å². The van der Waals surface area contributed by atoms with Crippen LogP contribution < -0.4 is 0 Å². The smallest absolute Gasteiger partial charge is 0.306 e. The summed E-state index contributed by atoms with van der Waals surface area (Å²) in [4.78, 5) is 23.4. The molecular formula is C22H42O4. The molecule has 0 saturated carbocycles. The van der Waals surface area contributed by atoms with Crippen molar-refractivity contribution in [1.29, 1.82) is 0 Å². The van der Waals surface area contributed by atoms with Gasteiger partial charge in [-0.15, -0.1) is 0 Å². The highest BCUT2D eigenvalue weighted by molar-refractivity contribution is 5.72. The number of hydrogen-bond donors (Lipinski definition) is 0. The highest BCUT2D eigenvalue weighted by atomic mass is 16.5. The Labute approximate surface area is 161 Å². The Hall–Kier alpha value is -1.06. The van der Waals surface area contributed by atoms with Gasteiger partial charge in [-0.05, 0) is 32.6 Å². The Kier molecular flexibility index (Phi) is 18.0. The maximum Gasteiger partial charge on any atom is 0.306 e. The van der Waals surface area contributed by atoms with Gasteiger partial charge in [-0.1, -0.05) is 71.6 Å². The van der Waals surface area contributed by atoms with Gasteiger partial charge in [-0.2, -0.15) is 0 Å². The van der Waals surface area contributed by atoms with E-state index in [1.807, 2.05) is 6.92 Å². The molecule has 0 spiro atoms. The van der Waals surface area contributed by atoms with Crippen LogP contribution in [0.3, 0.4) is 0 Å². The molecule has 0 radical (unpaired) electrons. The molecule has 0 bridgehead atoms. The highest BCUT2D eigenvalue weighted by Gasteiger charge is 2.11. The van der Waals surface area contributed by atoms with Crippen LogP contribution in [0.2, 0.25) is 0 Å². The second-order valence-corrected chi connectivity index (χ2v) is 7.35. The minimum atomic E-state index is -0.204. The molecule has 0 aliphatic rings. The van der Waals surface area contributed by atoms with Crippen molar-refractivity contribution in [1.82, 2.24) is 0 Å². The van der Waals surface area contributed by atoms with Crippen molar-refractivity contribution in [2.45, 2.75) is 123 Å². The first-order valence-corrected chi connectivity index (χ1v) is 10.9. The lowest BCUT2D eigenvalue weighted by molar-refractivity contribution is -0.149. The van der Waals surface area contributed by atoms with Crippen molar-refractivity contribution in [3.8, 4) is 0 Å². The summed E-state index contributed by atoms with van der Waals surface area (Å²) < 4.78 is 10.6. The zero-order chi connectivity index (χ0) is 19.5. The summed E-state index contributed by atoms with van der Waals surface area (Å²) in [6.45, 7) is 6.83. The SMILES string of the molecule is CCCCCCCCCCOC(=O)CCCC(=O)OC(C)CCCCC. The predicted octanol–water partition coefficient (Wildman–Crippen LogP) is 6.35. The van der Waals surface area contributed by atoms with E-state index in [0.29, 0.717) is 25.9 Å². The summed E-state index contributed by atoms with van der Waals surface area (Å²) in [7, 11) is 0. The fraction of sp³-hybridized carbons (Fsp3) is 0.909. The first kappa shape index (κ1) is 24.9. The molecule has 26 heavy (non-hydrogen) atoms. The molecule has 1 unspecified atom stereocenters. The molecule has 0 saturated heterocycles. The molecule has 4 heteroatoms. The minimum absolute atomic E-state index is 0.0250. The van der Waals surface area contributed by atoms with Gasteiger partial charge in [0.15, 0.2) is 0 Å². The Morgan fingerprint density at radius 3 is 1.88 bits per heavy atom.